The summed E-state index contributed by atoms with van der Waals surface area (Å²) in [4.78, 5) is 26.6. The maximum absolute atomic E-state index is 12.3. The predicted octanol–water partition coefficient (Wildman–Crippen LogP) is 3.91. The SMILES string of the molecule is C/C(=C\c1ccc2cc[nH]c2c1)C(=O)Nc1ccccc1C(=O)O. The Morgan fingerprint density at radius 3 is 2.71 bits per heavy atom. The minimum atomic E-state index is -1.08. The highest BCUT2D eigenvalue weighted by atomic mass is 16.4. The van der Waals surface area contributed by atoms with Crippen molar-refractivity contribution in [1.29, 1.82) is 0 Å². The molecule has 0 radical (unpaired) electrons. The van der Waals surface area contributed by atoms with Crippen LogP contribution in [0.25, 0.3) is 17.0 Å². The summed E-state index contributed by atoms with van der Waals surface area (Å²) < 4.78 is 0. The van der Waals surface area contributed by atoms with Crippen LogP contribution >= 0.6 is 0 Å². The van der Waals surface area contributed by atoms with Crippen molar-refractivity contribution in [3.05, 3.63) is 71.4 Å². The Morgan fingerprint density at radius 2 is 1.92 bits per heavy atom. The van der Waals surface area contributed by atoms with Crippen LogP contribution in [0.4, 0.5) is 5.69 Å². The van der Waals surface area contributed by atoms with Crippen LogP contribution in [-0.4, -0.2) is 22.0 Å². The van der Waals surface area contributed by atoms with Crippen molar-refractivity contribution in [2.45, 2.75) is 6.92 Å². The average molecular weight is 320 g/mol. The van der Waals surface area contributed by atoms with Gasteiger partial charge >= 0.3 is 5.97 Å². The Morgan fingerprint density at radius 1 is 1.12 bits per heavy atom. The van der Waals surface area contributed by atoms with E-state index in [0.717, 1.165) is 16.5 Å². The highest BCUT2D eigenvalue weighted by molar-refractivity contribution is 6.09. The van der Waals surface area contributed by atoms with E-state index in [1.165, 1.54) is 6.07 Å². The van der Waals surface area contributed by atoms with Gasteiger partial charge in [-0.2, -0.15) is 0 Å². The summed E-state index contributed by atoms with van der Waals surface area (Å²) in [7, 11) is 0. The second-order valence-electron chi connectivity index (χ2n) is 5.46. The van der Waals surface area contributed by atoms with Crippen LogP contribution in [0.5, 0.6) is 0 Å². The van der Waals surface area contributed by atoms with E-state index in [2.05, 4.69) is 10.3 Å². The maximum Gasteiger partial charge on any atom is 0.337 e. The molecule has 3 aromatic rings. The van der Waals surface area contributed by atoms with Crippen molar-refractivity contribution >= 4 is 34.5 Å². The van der Waals surface area contributed by atoms with Crippen LogP contribution in [0.15, 0.2) is 60.3 Å². The molecule has 2 aromatic carbocycles. The van der Waals surface area contributed by atoms with Crippen molar-refractivity contribution < 1.29 is 14.7 Å². The van der Waals surface area contributed by atoms with E-state index in [0.29, 0.717) is 5.57 Å². The van der Waals surface area contributed by atoms with E-state index < -0.39 is 5.97 Å². The molecule has 0 aliphatic rings. The number of anilines is 1. The lowest BCUT2D eigenvalue weighted by Gasteiger charge is -2.08. The number of nitrogens with one attached hydrogen (secondary N) is 2. The summed E-state index contributed by atoms with van der Waals surface area (Å²) in [5.74, 6) is -1.42. The number of amides is 1. The normalized spacial score (nSPS) is 11.5. The largest absolute Gasteiger partial charge is 0.478 e. The molecule has 0 bridgehead atoms. The summed E-state index contributed by atoms with van der Waals surface area (Å²) >= 11 is 0. The van der Waals surface area contributed by atoms with Gasteiger partial charge in [0.1, 0.15) is 0 Å². The number of carboxylic acids is 1. The molecule has 5 heteroatoms. The molecule has 120 valence electrons. The zero-order valence-corrected chi connectivity index (χ0v) is 13.0. The van der Waals surface area contributed by atoms with E-state index in [4.69, 9.17) is 5.11 Å². The first-order chi connectivity index (χ1) is 11.5. The Balaban J connectivity index is 1.83. The van der Waals surface area contributed by atoms with Gasteiger partial charge in [-0.05, 0) is 48.2 Å². The number of benzene rings is 2. The third kappa shape index (κ3) is 3.20. The summed E-state index contributed by atoms with van der Waals surface area (Å²) in [6.45, 7) is 1.69. The summed E-state index contributed by atoms with van der Waals surface area (Å²) in [6.07, 6.45) is 3.62. The van der Waals surface area contributed by atoms with E-state index in [9.17, 15) is 9.59 Å². The van der Waals surface area contributed by atoms with E-state index in [1.807, 2.05) is 30.5 Å². The highest BCUT2D eigenvalue weighted by Gasteiger charge is 2.12. The van der Waals surface area contributed by atoms with Gasteiger partial charge < -0.3 is 15.4 Å². The zero-order chi connectivity index (χ0) is 17.1. The fourth-order valence-electron chi connectivity index (χ4n) is 2.47. The van der Waals surface area contributed by atoms with E-state index >= 15 is 0 Å². The number of para-hydroxylation sites is 1. The lowest BCUT2D eigenvalue weighted by Crippen LogP contribution is -2.15. The van der Waals surface area contributed by atoms with Gasteiger partial charge in [0.15, 0.2) is 0 Å². The van der Waals surface area contributed by atoms with Crippen molar-refractivity contribution in [3.8, 4) is 0 Å². The number of fused-ring (bicyclic) bond motifs is 1. The quantitative estimate of drug-likeness (QED) is 0.637. The van der Waals surface area contributed by atoms with Gasteiger partial charge in [-0.15, -0.1) is 0 Å². The predicted molar refractivity (Wildman–Crippen MR) is 94.0 cm³/mol. The van der Waals surface area contributed by atoms with Gasteiger partial charge in [-0.3, -0.25) is 4.79 Å². The Hall–Kier alpha value is -3.34. The molecule has 0 saturated carbocycles. The van der Waals surface area contributed by atoms with Crippen LogP contribution in [0.1, 0.15) is 22.8 Å². The van der Waals surface area contributed by atoms with Crippen LogP contribution in [0, 0.1) is 0 Å². The van der Waals surface area contributed by atoms with Crippen LogP contribution in [-0.2, 0) is 4.79 Å². The summed E-state index contributed by atoms with van der Waals surface area (Å²) in [6, 6.07) is 14.2. The maximum atomic E-state index is 12.3. The molecule has 24 heavy (non-hydrogen) atoms. The number of carbonyl (C=O) groups is 2. The molecular formula is C19H16N2O3. The van der Waals surface area contributed by atoms with Gasteiger partial charge in [-0.1, -0.05) is 24.3 Å². The molecule has 0 atom stereocenters. The van der Waals surface area contributed by atoms with Gasteiger partial charge in [-0.25, -0.2) is 4.79 Å². The van der Waals surface area contributed by atoms with Crippen molar-refractivity contribution in [2.24, 2.45) is 0 Å². The zero-order valence-electron chi connectivity index (χ0n) is 13.0. The number of hydrogen-bond donors (Lipinski definition) is 3. The Kier molecular flexibility index (Phi) is 4.16. The highest BCUT2D eigenvalue weighted by Crippen LogP contribution is 2.18. The molecule has 3 rings (SSSR count). The molecule has 1 amide bonds. The first kappa shape index (κ1) is 15.6. The lowest BCUT2D eigenvalue weighted by atomic mass is 10.1. The molecule has 5 nitrogen and oxygen atoms in total. The number of aromatic nitrogens is 1. The Bertz CT molecular complexity index is 954. The monoisotopic (exact) mass is 320 g/mol. The van der Waals surface area contributed by atoms with Gasteiger partial charge in [0.2, 0.25) is 0 Å². The fraction of sp³-hybridized carbons (Fsp3) is 0.0526. The van der Waals surface area contributed by atoms with Crippen LogP contribution in [0.2, 0.25) is 0 Å². The molecule has 3 N–H and O–H groups in total. The smallest absolute Gasteiger partial charge is 0.337 e. The minimum absolute atomic E-state index is 0.0615. The number of H-pyrrole nitrogens is 1. The number of hydrogen-bond acceptors (Lipinski definition) is 2. The number of rotatable bonds is 4. The van der Waals surface area contributed by atoms with Crippen molar-refractivity contribution in [3.63, 3.8) is 0 Å². The third-order valence-corrected chi connectivity index (χ3v) is 3.73. The standard InChI is InChI=1S/C19H16N2O3/c1-12(10-13-6-7-14-8-9-20-17(14)11-13)18(22)21-16-5-3-2-4-15(16)19(23)24/h2-11,20H,1H3,(H,21,22)(H,23,24)/b12-10+. The second kappa shape index (κ2) is 6.42. The lowest BCUT2D eigenvalue weighted by molar-refractivity contribution is -0.112. The molecule has 0 fully saturated rings. The van der Waals surface area contributed by atoms with Crippen LogP contribution in [0.3, 0.4) is 0 Å². The fourth-order valence-corrected chi connectivity index (χ4v) is 2.47. The number of aromatic carboxylic acids is 1. The molecular weight excluding hydrogens is 304 g/mol. The molecule has 0 unspecified atom stereocenters. The first-order valence-electron chi connectivity index (χ1n) is 7.44. The minimum Gasteiger partial charge on any atom is -0.478 e. The van der Waals surface area contributed by atoms with Gasteiger partial charge in [0.25, 0.3) is 5.91 Å². The molecule has 1 heterocycles. The summed E-state index contributed by atoms with van der Waals surface area (Å²) in [5, 5.41) is 12.9. The van der Waals surface area contributed by atoms with E-state index in [1.54, 1.807) is 31.2 Å². The first-order valence-corrected chi connectivity index (χ1v) is 7.44. The molecule has 0 aliphatic heterocycles. The van der Waals surface area contributed by atoms with Crippen molar-refractivity contribution in [2.75, 3.05) is 5.32 Å². The molecule has 0 spiro atoms. The number of carboxylic acid groups (broad SMARTS) is 1. The third-order valence-electron chi connectivity index (χ3n) is 3.73. The van der Waals surface area contributed by atoms with Gasteiger partial charge in [0.05, 0.1) is 11.3 Å². The van der Waals surface area contributed by atoms with E-state index in [-0.39, 0.29) is 17.2 Å². The topological polar surface area (TPSA) is 82.2 Å². The van der Waals surface area contributed by atoms with Crippen molar-refractivity contribution in [1.82, 2.24) is 4.98 Å². The molecule has 0 aliphatic carbocycles. The van der Waals surface area contributed by atoms with Crippen LogP contribution < -0.4 is 5.32 Å². The number of aromatic amines is 1. The average Bonchev–Trinajstić information content (AvgIpc) is 3.02. The number of carbonyl (C=O) groups excluding carboxylic acids is 1. The molecule has 0 saturated heterocycles. The Labute approximate surface area is 138 Å². The summed E-state index contributed by atoms with van der Waals surface area (Å²) in [5.41, 5.74) is 2.72. The second-order valence-corrected chi connectivity index (χ2v) is 5.46. The van der Waals surface area contributed by atoms with Gasteiger partial charge in [0, 0.05) is 17.3 Å². The molecule has 1 aromatic heterocycles.